The summed E-state index contributed by atoms with van der Waals surface area (Å²) in [6.07, 6.45) is 0. The maximum Gasteiger partial charge on any atom is 0.139 e. The highest BCUT2D eigenvalue weighted by Gasteiger charge is 2.35. The van der Waals surface area contributed by atoms with Crippen molar-refractivity contribution < 1.29 is 5.11 Å². The molecule has 3 rings (SSSR count). The molecule has 4 heteroatoms. The number of nitrogens with two attached hydrogens (primary N) is 1. The van der Waals surface area contributed by atoms with Crippen LogP contribution in [0.4, 0.5) is 5.69 Å². The number of nitrogens with one attached hydrogen (secondary N) is 1. The average molecular weight is 232 g/mol. The molecule has 2 unspecified atom stereocenters. The Balaban J connectivity index is 2.09. The number of hydrogen-bond acceptors (Lipinski definition) is 4. The Morgan fingerprint density at radius 1 is 1.19 bits per heavy atom. The largest absolute Gasteiger partial charge is 0.506 e. The molecule has 1 fully saturated rings. The van der Waals surface area contributed by atoms with Crippen molar-refractivity contribution >= 4 is 28.2 Å². The second-order valence-electron chi connectivity index (χ2n) is 3.85. The summed E-state index contributed by atoms with van der Waals surface area (Å²) in [5.74, 6) is 0.276. The van der Waals surface area contributed by atoms with Gasteiger partial charge in [-0.1, -0.05) is 30.3 Å². The topological polar surface area (TPSA) is 58.3 Å². The van der Waals surface area contributed by atoms with Gasteiger partial charge in [0.15, 0.2) is 0 Å². The number of phenols is 1. The minimum Gasteiger partial charge on any atom is -0.506 e. The summed E-state index contributed by atoms with van der Waals surface area (Å²) in [5, 5.41) is 15.6. The molecule has 0 aromatic heterocycles. The zero-order chi connectivity index (χ0) is 11.1. The molecule has 0 spiro atoms. The molecule has 1 aliphatic heterocycles. The summed E-state index contributed by atoms with van der Waals surface area (Å²) in [4.78, 5) is 0. The molecule has 2 aromatic rings. The van der Waals surface area contributed by atoms with Crippen LogP contribution in [0, 0.1) is 0 Å². The van der Waals surface area contributed by atoms with E-state index in [1.54, 1.807) is 17.8 Å². The predicted octanol–water partition coefficient (Wildman–Crippen LogP) is 2.32. The van der Waals surface area contributed by atoms with Gasteiger partial charge in [-0.25, -0.2) is 0 Å². The predicted molar refractivity (Wildman–Crippen MR) is 68.6 cm³/mol. The van der Waals surface area contributed by atoms with Crippen LogP contribution >= 0.6 is 11.8 Å². The molecular formula is C12H12N2OS. The summed E-state index contributed by atoms with van der Waals surface area (Å²) in [6, 6.07) is 11.6. The van der Waals surface area contributed by atoms with Crippen LogP contribution < -0.4 is 11.1 Å². The molecule has 16 heavy (non-hydrogen) atoms. The fraction of sp³-hybridized carbons (Fsp3) is 0.167. The number of aromatic hydroxyl groups is 1. The maximum atomic E-state index is 9.86. The van der Waals surface area contributed by atoms with Crippen LogP contribution in [0.5, 0.6) is 5.75 Å². The van der Waals surface area contributed by atoms with Crippen LogP contribution in [-0.2, 0) is 0 Å². The molecule has 3 nitrogen and oxygen atoms in total. The molecule has 1 heterocycles. The van der Waals surface area contributed by atoms with Gasteiger partial charge < -0.3 is 16.2 Å². The first kappa shape index (κ1) is 9.81. The van der Waals surface area contributed by atoms with E-state index in [1.807, 2.05) is 30.3 Å². The van der Waals surface area contributed by atoms with Crippen LogP contribution in [0.1, 0.15) is 0 Å². The van der Waals surface area contributed by atoms with E-state index >= 15 is 0 Å². The minimum atomic E-state index is 0.137. The lowest BCUT2D eigenvalue weighted by Gasteiger charge is -2.10. The first-order valence-electron chi connectivity index (χ1n) is 5.14. The van der Waals surface area contributed by atoms with Gasteiger partial charge in [0.25, 0.3) is 0 Å². The van der Waals surface area contributed by atoms with Crippen LogP contribution in [0.3, 0.4) is 0 Å². The zero-order valence-electron chi connectivity index (χ0n) is 8.55. The Kier molecular flexibility index (Phi) is 2.19. The summed E-state index contributed by atoms with van der Waals surface area (Å²) in [5.41, 5.74) is 6.51. The van der Waals surface area contributed by atoms with Gasteiger partial charge in [-0.15, -0.1) is 11.8 Å². The lowest BCUT2D eigenvalue weighted by atomic mass is 10.1. The second kappa shape index (κ2) is 3.57. The Bertz CT molecular complexity index is 544. The Labute approximate surface area is 97.6 Å². The molecule has 1 aliphatic rings. The van der Waals surface area contributed by atoms with Gasteiger partial charge in [0.05, 0.1) is 16.4 Å². The van der Waals surface area contributed by atoms with E-state index in [9.17, 15) is 5.11 Å². The van der Waals surface area contributed by atoms with Crippen molar-refractivity contribution in [3.05, 3.63) is 36.4 Å². The van der Waals surface area contributed by atoms with Crippen molar-refractivity contribution in [2.75, 3.05) is 5.32 Å². The summed E-state index contributed by atoms with van der Waals surface area (Å²) in [6.45, 7) is 0. The molecule has 0 saturated carbocycles. The first-order chi connectivity index (χ1) is 7.75. The third-order valence-electron chi connectivity index (χ3n) is 2.72. The molecule has 0 amide bonds. The number of hydrogen-bond donors (Lipinski definition) is 3. The fourth-order valence-electron chi connectivity index (χ4n) is 1.79. The van der Waals surface area contributed by atoms with Gasteiger partial charge >= 0.3 is 0 Å². The fourth-order valence-corrected chi connectivity index (χ4v) is 2.30. The lowest BCUT2D eigenvalue weighted by Crippen LogP contribution is -2.13. The smallest absolute Gasteiger partial charge is 0.139 e. The van der Waals surface area contributed by atoms with E-state index in [0.29, 0.717) is 0 Å². The van der Waals surface area contributed by atoms with Gasteiger partial charge in [0, 0.05) is 5.39 Å². The van der Waals surface area contributed by atoms with Crippen molar-refractivity contribution in [1.29, 1.82) is 0 Å². The van der Waals surface area contributed by atoms with Crippen molar-refractivity contribution in [3.63, 3.8) is 0 Å². The highest BCUT2D eigenvalue weighted by atomic mass is 32.2. The van der Waals surface area contributed by atoms with Gasteiger partial charge in [-0.05, 0) is 11.5 Å². The molecular weight excluding hydrogens is 220 g/mol. The third-order valence-corrected chi connectivity index (χ3v) is 3.70. The molecule has 1 saturated heterocycles. The number of phenolic OH excluding ortho intramolecular Hbond substituents is 1. The Morgan fingerprint density at radius 2 is 1.94 bits per heavy atom. The normalized spacial score (nSPS) is 23.3. The molecule has 2 aromatic carbocycles. The first-order valence-corrected chi connectivity index (χ1v) is 6.08. The van der Waals surface area contributed by atoms with Crippen molar-refractivity contribution in [3.8, 4) is 5.75 Å². The van der Waals surface area contributed by atoms with E-state index in [1.165, 1.54) is 0 Å². The molecule has 0 radical (unpaired) electrons. The van der Waals surface area contributed by atoms with Crippen LogP contribution in [-0.4, -0.2) is 15.9 Å². The van der Waals surface area contributed by atoms with E-state index in [0.717, 1.165) is 16.5 Å². The average Bonchev–Trinajstić information content (AvgIpc) is 2.99. The van der Waals surface area contributed by atoms with E-state index in [-0.39, 0.29) is 16.5 Å². The lowest BCUT2D eigenvalue weighted by molar-refractivity contribution is 0.478. The summed E-state index contributed by atoms with van der Waals surface area (Å²) < 4.78 is 0. The summed E-state index contributed by atoms with van der Waals surface area (Å²) in [7, 11) is 0. The van der Waals surface area contributed by atoms with Gasteiger partial charge in [0.2, 0.25) is 0 Å². The van der Waals surface area contributed by atoms with Crippen molar-refractivity contribution in [2.24, 2.45) is 5.73 Å². The molecule has 2 atom stereocenters. The maximum absolute atomic E-state index is 9.86. The molecule has 4 N–H and O–H groups in total. The molecule has 0 bridgehead atoms. The standard InChI is InChI=1S/C12H12N2OS/c13-11-12(16-11)14-10-8-4-2-1-3-7(8)5-6-9(10)15/h1-6,11-12,14-15H,13H2. The van der Waals surface area contributed by atoms with E-state index in [2.05, 4.69) is 5.32 Å². The SMILES string of the molecule is NC1SC1Nc1c(O)ccc2ccccc12. The molecule has 0 aliphatic carbocycles. The third kappa shape index (κ3) is 1.60. The number of rotatable bonds is 2. The van der Waals surface area contributed by atoms with Crippen molar-refractivity contribution in [1.82, 2.24) is 0 Å². The monoisotopic (exact) mass is 232 g/mol. The number of benzene rings is 2. The zero-order valence-corrected chi connectivity index (χ0v) is 9.37. The van der Waals surface area contributed by atoms with Crippen LogP contribution in [0.15, 0.2) is 36.4 Å². The minimum absolute atomic E-state index is 0.137. The van der Waals surface area contributed by atoms with Gasteiger partial charge in [-0.3, -0.25) is 0 Å². The van der Waals surface area contributed by atoms with Gasteiger partial charge in [0.1, 0.15) is 5.75 Å². The number of fused-ring (bicyclic) bond motifs is 1. The highest BCUT2D eigenvalue weighted by Crippen LogP contribution is 2.41. The number of anilines is 1. The molecule has 82 valence electrons. The van der Waals surface area contributed by atoms with Crippen LogP contribution in [0.2, 0.25) is 0 Å². The Hall–Kier alpha value is -1.39. The van der Waals surface area contributed by atoms with Gasteiger partial charge in [-0.2, -0.15) is 0 Å². The highest BCUT2D eigenvalue weighted by molar-refractivity contribution is 8.07. The summed E-state index contributed by atoms with van der Waals surface area (Å²) >= 11 is 1.66. The number of thioether (sulfide) groups is 1. The van der Waals surface area contributed by atoms with E-state index in [4.69, 9.17) is 5.73 Å². The van der Waals surface area contributed by atoms with Crippen molar-refractivity contribution in [2.45, 2.75) is 10.7 Å². The quantitative estimate of drug-likeness (QED) is 0.549. The van der Waals surface area contributed by atoms with Crippen LogP contribution in [0.25, 0.3) is 10.8 Å². The van der Waals surface area contributed by atoms with E-state index < -0.39 is 0 Å². The Morgan fingerprint density at radius 3 is 2.69 bits per heavy atom. The second-order valence-corrected chi connectivity index (χ2v) is 5.17.